The van der Waals surface area contributed by atoms with E-state index in [9.17, 15) is 4.79 Å². The van der Waals surface area contributed by atoms with Crippen molar-refractivity contribution in [2.45, 2.75) is 19.6 Å². The Balaban J connectivity index is 3.00. The van der Waals surface area contributed by atoms with Crippen LogP contribution in [0.1, 0.15) is 10.6 Å². The molecule has 0 saturated carbocycles. The number of nitrogens with zero attached hydrogens (tertiary/aromatic N) is 3. The van der Waals surface area contributed by atoms with Crippen molar-refractivity contribution in [2.24, 2.45) is 5.73 Å². The lowest BCUT2D eigenvalue weighted by Gasteiger charge is -2.14. The van der Waals surface area contributed by atoms with Crippen molar-refractivity contribution in [2.75, 3.05) is 0 Å². The highest BCUT2D eigenvalue weighted by Gasteiger charge is 2.19. The molecule has 0 aliphatic heterocycles. The zero-order valence-corrected chi connectivity index (χ0v) is 8.40. The molecule has 5 nitrogen and oxygen atoms in total. The standard InChI is InChI=1S/C6H12N4OSi/c1-12(2,3)10-4-8-6(9-10)5(7)11/h4H,1-3H3,(H2,7,11). The maximum atomic E-state index is 10.6. The number of primary amides is 1. The highest BCUT2D eigenvalue weighted by Crippen LogP contribution is 2.02. The summed E-state index contributed by atoms with van der Waals surface area (Å²) in [5, 5.41) is 3.97. The highest BCUT2D eigenvalue weighted by atomic mass is 28.3. The van der Waals surface area contributed by atoms with Crippen molar-refractivity contribution < 1.29 is 4.79 Å². The molecular weight excluding hydrogens is 172 g/mol. The smallest absolute Gasteiger partial charge is 0.288 e. The Kier molecular flexibility index (Phi) is 2.01. The molecule has 2 N–H and O–H groups in total. The lowest BCUT2D eigenvalue weighted by molar-refractivity contribution is 0.0990. The van der Waals surface area contributed by atoms with Gasteiger partial charge in [0.1, 0.15) is 6.33 Å². The van der Waals surface area contributed by atoms with E-state index in [2.05, 4.69) is 29.7 Å². The summed E-state index contributed by atoms with van der Waals surface area (Å²) in [6.07, 6.45) is 1.56. The van der Waals surface area contributed by atoms with E-state index in [-0.39, 0.29) is 5.82 Å². The molecule has 0 bridgehead atoms. The molecule has 1 aromatic heterocycles. The fourth-order valence-corrected chi connectivity index (χ4v) is 1.50. The molecule has 0 fully saturated rings. The van der Waals surface area contributed by atoms with Crippen LogP contribution in [-0.4, -0.2) is 28.6 Å². The molecule has 1 rings (SSSR count). The second-order valence-electron chi connectivity index (χ2n) is 3.55. The van der Waals surface area contributed by atoms with Gasteiger partial charge in [-0.15, -0.1) is 0 Å². The molecule has 1 aromatic rings. The van der Waals surface area contributed by atoms with Gasteiger partial charge in [0.05, 0.1) is 0 Å². The minimum Gasteiger partial charge on any atom is -0.363 e. The number of amides is 1. The number of hydrogen-bond donors (Lipinski definition) is 1. The third kappa shape index (κ3) is 1.70. The fraction of sp³-hybridized carbons (Fsp3) is 0.500. The van der Waals surface area contributed by atoms with Gasteiger partial charge in [-0.2, -0.15) is 5.10 Å². The molecule has 66 valence electrons. The predicted molar refractivity (Wildman–Crippen MR) is 47.3 cm³/mol. The lowest BCUT2D eigenvalue weighted by Crippen LogP contribution is -2.32. The van der Waals surface area contributed by atoms with Crippen LogP contribution in [0.25, 0.3) is 0 Å². The van der Waals surface area contributed by atoms with Crippen LogP contribution in [0.5, 0.6) is 0 Å². The van der Waals surface area contributed by atoms with E-state index in [0.717, 1.165) is 0 Å². The van der Waals surface area contributed by atoms with E-state index in [1.807, 2.05) is 0 Å². The number of aromatic nitrogens is 3. The summed E-state index contributed by atoms with van der Waals surface area (Å²) in [6.45, 7) is 6.31. The number of nitrogens with two attached hydrogens (primary N) is 1. The number of carbonyl (C=O) groups is 1. The van der Waals surface area contributed by atoms with Gasteiger partial charge in [-0.1, -0.05) is 0 Å². The van der Waals surface area contributed by atoms with E-state index in [0.29, 0.717) is 0 Å². The molecule has 12 heavy (non-hydrogen) atoms. The molecule has 0 saturated heterocycles. The Hall–Kier alpha value is -1.17. The molecule has 0 spiro atoms. The Morgan fingerprint density at radius 2 is 2.17 bits per heavy atom. The van der Waals surface area contributed by atoms with Crippen LogP contribution in [0.4, 0.5) is 0 Å². The van der Waals surface area contributed by atoms with Gasteiger partial charge in [0, 0.05) is 0 Å². The average molecular weight is 184 g/mol. The van der Waals surface area contributed by atoms with Crippen LogP contribution >= 0.6 is 0 Å². The largest absolute Gasteiger partial charge is 0.363 e. The predicted octanol–water partition coefficient (Wildman–Crippen LogP) is 0.0600. The van der Waals surface area contributed by atoms with Crippen LogP contribution in [0.3, 0.4) is 0 Å². The first kappa shape index (κ1) is 8.92. The Morgan fingerprint density at radius 3 is 2.42 bits per heavy atom. The number of carbonyl (C=O) groups excluding carboxylic acids is 1. The second-order valence-corrected chi connectivity index (χ2v) is 8.35. The van der Waals surface area contributed by atoms with Crippen molar-refractivity contribution in [3.63, 3.8) is 0 Å². The second kappa shape index (κ2) is 2.70. The first-order chi connectivity index (χ1) is 5.41. The molecule has 0 atom stereocenters. The molecule has 0 aromatic carbocycles. The zero-order chi connectivity index (χ0) is 9.35. The van der Waals surface area contributed by atoms with Crippen LogP contribution in [-0.2, 0) is 0 Å². The van der Waals surface area contributed by atoms with Gasteiger partial charge < -0.3 is 5.73 Å². The van der Waals surface area contributed by atoms with E-state index in [4.69, 9.17) is 5.73 Å². The molecule has 0 unspecified atom stereocenters. The van der Waals surface area contributed by atoms with Crippen LogP contribution in [0, 0.1) is 0 Å². The summed E-state index contributed by atoms with van der Waals surface area (Å²) in [5.41, 5.74) is 5.01. The van der Waals surface area contributed by atoms with Crippen LogP contribution in [0.2, 0.25) is 19.6 Å². The first-order valence-corrected chi connectivity index (χ1v) is 7.08. The van der Waals surface area contributed by atoms with Crippen molar-refractivity contribution in [3.05, 3.63) is 12.2 Å². The molecular formula is C6H12N4OSi. The third-order valence-corrected chi connectivity index (χ3v) is 2.99. The average Bonchev–Trinajstić information content (AvgIpc) is 2.30. The van der Waals surface area contributed by atoms with Crippen LogP contribution < -0.4 is 5.73 Å². The monoisotopic (exact) mass is 184 g/mol. The van der Waals surface area contributed by atoms with Crippen molar-refractivity contribution in [1.29, 1.82) is 0 Å². The van der Waals surface area contributed by atoms with Gasteiger partial charge in [-0.25, -0.2) is 4.98 Å². The Morgan fingerprint density at radius 1 is 1.58 bits per heavy atom. The summed E-state index contributed by atoms with van der Waals surface area (Å²) in [4.78, 5) is 14.4. The number of rotatable bonds is 2. The first-order valence-electron chi connectivity index (χ1n) is 3.63. The number of hydrogen-bond acceptors (Lipinski definition) is 3. The van der Waals surface area contributed by atoms with Gasteiger partial charge in [0.15, 0.2) is 8.24 Å². The molecule has 0 radical (unpaired) electrons. The van der Waals surface area contributed by atoms with E-state index in [1.165, 1.54) is 0 Å². The van der Waals surface area contributed by atoms with Gasteiger partial charge in [0.2, 0.25) is 5.82 Å². The quantitative estimate of drug-likeness (QED) is 0.660. The van der Waals surface area contributed by atoms with Crippen molar-refractivity contribution in [3.8, 4) is 0 Å². The van der Waals surface area contributed by atoms with Gasteiger partial charge in [-0.3, -0.25) is 9.14 Å². The van der Waals surface area contributed by atoms with Gasteiger partial charge >= 0.3 is 0 Å². The minimum atomic E-state index is -1.52. The lowest BCUT2D eigenvalue weighted by atomic mass is 10.6. The molecule has 1 amide bonds. The fourth-order valence-electron chi connectivity index (χ4n) is 0.699. The minimum absolute atomic E-state index is 0.0948. The zero-order valence-electron chi connectivity index (χ0n) is 7.40. The summed E-state index contributed by atoms with van der Waals surface area (Å²) in [5.74, 6) is -0.482. The van der Waals surface area contributed by atoms with Crippen LogP contribution in [0.15, 0.2) is 6.33 Å². The summed E-state index contributed by atoms with van der Waals surface area (Å²) in [6, 6.07) is 0. The van der Waals surface area contributed by atoms with Gasteiger partial charge in [0.25, 0.3) is 5.91 Å². The molecule has 1 heterocycles. The van der Waals surface area contributed by atoms with Crippen molar-refractivity contribution in [1.82, 2.24) is 14.4 Å². The normalized spacial score (nSPS) is 11.6. The molecule has 0 aliphatic carbocycles. The summed E-state index contributed by atoms with van der Waals surface area (Å²) < 4.78 is 1.74. The van der Waals surface area contributed by atoms with E-state index < -0.39 is 14.1 Å². The maximum absolute atomic E-state index is 10.6. The SMILES string of the molecule is C[Si](C)(C)n1cnc(C(N)=O)n1. The summed E-state index contributed by atoms with van der Waals surface area (Å²) >= 11 is 0. The van der Waals surface area contributed by atoms with Gasteiger partial charge in [-0.05, 0) is 19.6 Å². The maximum Gasteiger partial charge on any atom is 0.288 e. The van der Waals surface area contributed by atoms with E-state index in [1.54, 1.807) is 10.7 Å². The molecule has 0 aliphatic rings. The Labute approximate surface area is 71.7 Å². The summed E-state index contributed by atoms with van der Waals surface area (Å²) in [7, 11) is -1.52. The topological polar surface area (TPSA) is 73.8 Å². The third-order valence-electron chi connectivity index (χ3n) is 1.40. The Bertz CT molecular complexity index is 301. The van der Waals surface area contributed by atoms with Crippen molar-refractivity contribution >= 4 is 14.1 Å². The highest BCUT2D eigenvalue weighted by molar-refractivity contribution is 6.74. The molecule has 6 heteroatoms. The van der Waals surface area contributed by atoms with E-state index >= 15 is 0 Å².